The standard InChI is InChI=1S/C20H25N3O7S/c1-13-21-18(12-22(13)2)31(26,27)23-9-7-14(8-10-23)20(25)30-16-6-5-15(19(24)29-4)11-17(16)28-3/h5-6,11-12,14H,7-10H2,1-4H3. The molecule has 10 nitrogen and oxygen atoms in total. The lowest BCUT2D eigenvalue weighted by Gasteiger charge is -2.29. The molecule has 1 aromatic heterocycles. The van der Waals surface area contributed by atoms with Crippen molar-refractivity contribution in [3.63, 3.8) is 0 Å². The first-order valence-electron chi connectivity index (χ1n) is 9.65. The Morgan fingerprint density at radius 2 is 1.81 bits per heavy atom. The monoisotopic (exact) mass is 451 g/mol. The lowest BCUT2D eigenvalue weighted by Crippen LogP contribution is -2.41. The number of imidazole rings is 1. The minimum absolute atomic E-state index is 0.00367. The number of carbonyl (C=O) groups is 2. The van der Waals surface area contributed by atoms with E-state index in [1.54, 1.807) is 18.5 Å². The van der Waals surface area contributed by atoms with Crippen LogP contribution in [0.1, 0.15) is 29.0 Å². The summed E-state index contributed by atoms with van der Waals surface area (Å²) in [6.07, 6.45) is 2.13. The molecule has 168 valence electrons. The highest BCUT2D eigenvalue weighted by molar-refractivity contribution is 7.89. The number of aryl methyl sites for hydroxylation is 2. The van der Waals surface area contributed by atoms with Crippen LogP contribution in [0, 0.1) is 12.8 Å². The molecule has 2 heterocycles. The van der Waals surface area contributed by atoms with Gasteiger partial charge in [0.2, 0.25) is 0 Å². The number of hydrogen-bond donors (Lipinski definition) is 0. The molecular weight excluding hydrogens is 426 g/mol. The van der Waals surface area contributed by atoms with Gasteiger partial charge in [-0.2, -0.15) is 4.31 Å². The van der Waals surface area contributed by atoms with Crippen molar-refractivity contribution in [2.24, 2.45) is 13.0 Å². The smallest absolute Gasteiger partial charge is 0.337 e. The van der Waals surface area contributed by atoms with E-state index in [0.717, 1.165) is 0 Å². The van der Waals surface area contributed by atoms with Crippen molar-refractivity contribution < 1.29 is 32.2 Å². The third-order valence-corrected chi connectivity index (χ3v) is 7.04. The van der Waals surface area contributed by atoms with Gasteiger partial charge in [0, 0.05) is 26.3 Å². The number of ether oxygens (including phenoxy) is 3. The third-order valence-electron chi connectivity index (χ3n) is 5.27. The molecule has 1 saturated heterocycles. The first kappa shape index (κ1) is 22.8. The zero-order valence-corrected chi connectivity index (χ0v) is 18.6. The molecule has 0 aliphatic carbocycles. The van der Waals surface area contributed by atoms with E-state index in [2.05, 4.69) is 9.72 Å². The van der Waals surface area contributed by atoms with Gasteiger partial charge in [-0.25, -0.2) is 18.2 Å². The van der Waals surface area contributed by atoms with Gasteiger partial charge in [-0.05, 0) is 38.0 Å². The Balaban J connectivity index is 1.65. The molecule has 2 aromatic rings. The molecule has 0 unspecified atom stereocenters. The van der Waals surface area contributed by atoms with Crippen molar-refractivity contribution in [2.45, 2.75) is 24.8 Å². The highest BCUT2D eigenvalue weighted by Crippen LogP contribution is 2.31. The summed E-state index contributed by atoms with van der Waals surface area (Å²) in [5, 5.41) is 0.00367. The van der Waals surface area contributed by atoms with Gasteiger partial charge >= 0.3 is 11.9 Å². The van der Waals surface area contributed by atoms with Gasteiger partial charge in [-0.3, -0.25) is 4.79 Å². The van der Waals surface area contributed by atoms with Crippen LogP contribution in [0.4, 0.5) is 0 Å². The molecule has 0 radical (unpaired) electrons. The Hall–Kier alpha value is -2.92. The Bertz CT molecular complexity index is 1070. The number of hydrogen-bond acceptors (Lipinski definition) is 8. The molecule has 0 amide bonds. The van der Waals surface area contributed by atoms with Crippen molar-refractivity contribution >= 4 is 22.0 Å². The molecular formula is C20H25N3O7S. The van der Waals surface area contributed by atoms with E-state index >= 15 is 0 Å². The summed E-state index contributed by atoms with van der Waals surface area (Å²) in [4.78, 5) is 28.4. The highest BCUT2D eigenvalue weighted by Gasteiger charge is 2.34. The molecule has 0 spiro atoms. The Kier molecular flexibility index (Phi) is 6.65. The number of esters is 2. The quantitative estimate of drug-likeness (QED) is 0.479. The van der Waals surface area contributed by atoms with E-state index in [-0.39, 0.29) is 35.2 Å². The van der Waals surface area contributed by atoms with Crippen LogP contribution in [-0.4, -0.2) is 61.5 Å². The summed E-state index contributed by atoms with van der Waals surface area (Å²) in [5.41, 5.74) is 0.266. The Morgan fingerprint density at radius 1 is 1.13 bits per heavy atom. The number of sulfonamides is 1. The van der Waals surface area contributed by atoms with Crippen molar-refractivity contribution in [1.29, 1.82) is 0 Å². The summed E-state index contributed by atoms with van der Waals surface area (Å²) in [5.74, 6) is -0.463. The number of rotatable bonds is 6. The summed E-state index contributed by atoms with van der Waals surface area (Å²) < 4.78 is 43.9. The van der Waals surface area contributed by atoms with Crippen molar-refractivity contribution in [2.75, 3.05) is 27.3 Å². The van der Waals surface area contributed by atoms with E-state index in [4.69, 9.17) is 9.47 Å². The van der Waals surface area contributed by atoms with Crippen molar-refractivity contribution in [1.82, 2.24) is 13.9 Å². The molecule has 1 aliphatic rings. The van der Waals surface area contributed by atoms with Crippen LogP contribution in [0.2, 0.25) is 0 Å². The molecule has 11 heteroatoms. The minimum Gasteiger partial charge on any atom is -0.493 e. The van der Waals surface area contributed by atoms with Crippen molar-refractivity contribution in [3.8, 4) is 11.5 Å². The number of nitrogens with zero attached hydrogens (tertiary/aromatic N) is 3. The number of methoxy groups -OCH3 is 2. The van der Waals surface area contributed by atoms with Crippen LogP contribution in [0.5, 0.6) is 11.5 Å². The Morgan fingerprint density at radius 3 is 2.35 bits per heavy atom. The van der Waals surface area contributed by atoms with E-state index in [1.807, 2.05) is 0 Å². The van der Waals surface area contributed by atoms with Gasteiger partial charge in [0.15, 0.2) is 16.5 Å². The first-order valence-corrected chi connectivity index (χ1v) is 11.1. The second-order valence-electron chi connectivity index (χ2n) is 7.19. The average molecular weight is 452 g/mol. The highest BCUT2D eigenvalue weighted by atomic mass is 32.2. The van der Waals surface area contributed by atoms with E-state index in [1.165, 1.54) is 42.9 Å². The fourth-order valence-electron chi connectivity index (χ4n) is 3.30. The summed E-state index contributed by atoms with van der Waals surface area (Å²) >= 11 is 0. The summed E-state index contributed by atoms with van der Waals surface area (Å²) in [6, 6.07) is 4.37. The lowest BCUT2D eigenvalue weighted by molar-refractivity contribution is -0.140. The van der Waals surface area contributed by atoms with Gasteiger partial charge in [0.25, 0.3) is 10.0 Å². The van der Waals surface area contributed by atoms with Gasteiger partial charge in [0.05, 0.1) is 25.7 Å². The van der Waals surface area contributed by atoms with Crippen LogP contribution in [0.15, 0.2) is 29.4 Å². The fourth-order valence-corrected chi connectivity index (χ4v) is 4.80. The van der Waals surface area contributed by atoms with Gasteiger partial charge in [0.1, 0.15) is 5.82 Å². The van der Waals surface area contributed by atoms with E-state index in [9.17, 15) is 18.0 Å². The van der Waals surface area contributed by atoms with Crippen LogP contribution in [0.3, 0.4) is 0 Å². The molecule has 3 rings (SSSR count). The number of carbonyl (C=O) groups excluding carboxylic acids is 2. The molecule has 0 atom stereocenters. The minimum atomic E-state index is -3.71. The summed E-state index contributed by atoms with van der Waals surface area (Å²) in [6.45, 7) is 2.11. The van der Waals surface area contributed by atoms with E-state index < -0.39 is 27.9 Å². The maximum absolute atomic E-state index is 12.8. The average Bonchev–Trinajstić information content (AvgIpc) is 3.12. The second-order valence-corrected chi connectivity index (χ2v) is 9.08. The predicted octanol–water partition coefficient (Wildman–Crippen LogP) is 1.53. The van der Waals surface area contributed by atoms with Gasteiger partial charge in [-0.1, -0.05) is 0 Å². The molecule has 1 aliphatic heterocycles. The number of piperidine rings is 1. The van der Waals surface area contributed by atoms with Crippen LogP contribution in [-0.2, 0) is 26.6 Å². The van der Waals surface area contributed by atoms with Crippen LogP contribution >= 0.6 is 0 Å². The second kappa shape index (κ2) is 9.06. The fraction of sp³-hybridized carbons (Fsp3) is 0.450. The summed E-state index contributed by atoms with van der Waals surface area (Å²) in [7, 11) is 0.687. The maximum Gasteiger partial charge on any atom is 0.337 e. The third kappa shape index (κ3) is 4.72. The lowest BCUT2D eigenvalue weighted by atomic mass is 9.98. The predicted molar refractivity (Wildman–Crippen MR) is 109 cm³/mol. The van der Waals surface area contributed by atoms with Crippen LogP contribution in [0.25, 0.3) is 0 Å². The topological polar surface area (TPSA) is 117 Å². The largest absolute Gasteiger partial charge is 0.493 e. The SMILES string of the molecule is COC(=O)c1ccc(OC(=O)C2CCN(S(=O)(=O)c3cn(C)c(C)n3)CC2)c(OC)c1. The molecule has 0 bridgehead atoms. The normalized spacial score (nSPS) is 15.5. The van der Waals surface area contributed by atoms with Gasteiger partial charge in [-0.15, -0.1) is 0 Å². The van der Waals surface area contributed by atoms with Gasteiger partial charge < -0.3 is 18.8 Å². The zero-order valence-electron chi connectivity index (χ0n) is 17.8. The first-order chi connectivity index (χ1) is 14.7. The maximum atomic E-state index is 12.8. The van der Waals surface area contributed by atoms with Crippen molar-refractivity contribution in [3.05, 3.63) is 35.8 Å². The molecule has 31 heavy (non-hydrogen) atoms. The zero-order chi connectivity index (χ0) is 22.8. The Labute approximate surface area is 180 Å². The van der Waals surface area contributed by atoms with E-state index in [0.29, 0.717) is 18.7 Å². The molecule has 0 saturated carbocycles. The molecule has 0 N–H and O–H groups in total. The van der Waals surface area contributed by atoms with Crippen LogP contribution < -0.4 is 9.47 Å². The molecule has 1 aromatic carbocycles. The number of aromatic nitrogens is 2. The molecule has 1 fully saturated rings. The number of benzene rings is 1.